The smallest absolute Gasteiger partial charge is 0.0773 e. The summed E-state index contributed by atoms with van der Waals surface area (Å²) in [5.74, 6) is 2.56. The van der Waals surface area contributed by atoms with Crippen molar-refractivity contribution in [3.05, 3.63) is 0 Å². The van der Waals surface area contributed by atoms with Crippen LogP contribution in [0.5, 0.6) is 0 Å². The molecule has 0 bridgehead atoms. The average molecular weight is 298 g/mol. The topological polar surface area (TPSA) is 29.5 Å². The van der Waals surface area contributed by atoms with Crippen LogP contribution in [0.4, 0.5) is 0 Å². The summed E-state index contributed by atoms with van der Waals surface area (Å²) >= 11 is 1.95. The van der Waals surface area contributed by atoms with Gasteiger partial charge in [-0.15, -0.1) is 0 Å². The molecule has 0 aromatic heterocycles. The van der Waals surface area contributed by atoms with Crippen molar-refractivity contribution in [1.29, 1.82) is 0 Å². The van der Waals surface area contributed by atoms with Gasteiger partial charge >= 0.3 is 0 Å². The Morgan fingerprint density at radius 3 is 2.55 bits per heavy atom. The number of thioether (sulfide) groups is 1. The third-order valence-electron chi connectivity index (χ3n) is 5.65. The molecule has 0 aromatic rings. The minimum atomic E-state index is -0.458. The van der Waals surface area contributed by atoms with Gasteiger partial charge in [0.15, 0.2) is 0 Å². The molecule has 116 valence electrons. The van der Waals surface area contributed by atoms with Crippen molar-refractivity contribution in [1.82, 2.24) is 0 Å². The SMILES string of the molecule is CC1(C)CSCC(O)(C2CCOC3(CCCCC3)C2)C1. The maximum absolute atomic E-state index is 11.3. The van der Waals surface area contributed by atoms with E-state index in [-0.39, 0.29) is 11.0 Å². The van der Waals surface area contributed by atoms with E-state index >= 15 is 0 Å². The summed E-state index contributed by atoms with van der Waals surface area (Å²) in [6, 6.07) is 0. The zero-order chi connectivity index (χ0) is 14.3. The Morgan fingerprint density at radius 1 is 1.10 bits per heavy atom. The molecule has 3 aliphatic rings. The number of hydrogen-bond acceptors (Lipinski definition) is 3. The zero-order valence-corrected chi connectivity index (χ0v) is 13.9. The van der Waals surface area contributed by atoms with Crippen molar-refractivity contribution in [3.63, 3.8) is 0 Å². The first kappa shape index (κ1) is 15.2. The third kappa shape index (κ3) is 3.05. The highest BCUT2D eigenvalue weighted by molar-refractivity contribution is 7.99. The molecule has 2 atom stereocenters. The van der Waals surface area contributed by atoms with Gasteiger partial charge in [-0.05, 0) is 49.2 Å². The summed E-state index contributed by atoms with van der Waals surface area (Å²) in [4.78, 5) is 0. The number of aliphatic hydroxyl groups is 1. The van der Waals surface area contributed by atoms with Crippen LogP contribution in [-0.4, -0.2) is 34.4 Å². The Balaban J connectivity index is 1.72. The molecule has 1 aliphatic carbocycles. The van der Waals surface area contributed by atoms with Crippen molar-refractivity contribution in [2.24, 2.45) is 11.3 Å². The summed E-state index contributed by atoms with van der Waals surface area (Å²) in [6.45, 7) is 5.47. The fraction of sp³-hybridized carbons (Fsp3) is 1.00. The maximum atomic E-state index is 11.3. The summed E-state index contributed by atoms with van der Waals surface area (Å²) in [6.07, 6.45) is 9.54. The second kappa shape index (κ2) is 5.48. The van der Waals surface area contributed by atoms with E-state index in [1.165, 1.54) is 37.9 Å². The quantitative estimate of drug-likeness (QED) is 0.793. The minimum absolute atomic E-state index is 0.114. The van der Waals surface area contributed by atoms with E-state index in [2.05, 4.69) is 13.8 Å². The molecule has 3 rings (SSSR count). The summed E-state index contributed by atoms with van der Waals surface area (Å²) in [5.41, 5.74) is -0.0699. The normalized spacial score (nSPS) is 40.6. The molecule has 2 heterocycles. The van der Waals surface area contributed by atoms with Gasteiger partial charge in [-0.3, -0.25) is 0 Å². The molecule has 2 aliphatic heterocycles. The monoisotopic (exact) mass is 298 g/mol. The highest BCUT2D eigenvalue weighted by atomic mass is 32.2. The lowest BCUT2D eigenvalue weighted by Gasteiger charge is -2.51. The lowest BCUT2D eigenvalue weighted by atomic mass is 9.67. The molecule has 2 unspecified atom stereocenters. The van der Waals surface area contributed by atoms with E-state index in [1.54, 1.807) is 0 Å². The molecular formula is C17H30O2S. The standard InChI is InChI=1S/C17H30O2S/c1-15(2)11-17(18,13-20-12-15)14-6-9-19-16(10-14)7-4-3-5-8-16/h14,18H,3-13H2,1-2H3. The molecule has 1 N–H and O–H groups in total. The van der Waals surface area contributed by atoms with Crippen LogP contribution < -0.4 is 0 Å². The van der Waals surface area contributed by atoms with Crippen LogP contribution >= 0.6 is 11.8 Å². The molecule has 2 nitrogen and oxygen atoms in total. The molecule has 2 saturated heterocycles. The van der Waals surface area contributed by atoms with Crippen molar-refractivity contribution in [3.8, 4) is 0 Å². The van der Waals surface area contributed by atoms with Gasteiger partial charge in [0.25, 0.3) is 0 Å². The first-order valence-electron chi connectivity index (χ1n) is 8.37. The lowest BCUT2D eigenvalue weighted by molar-refractivity contribution is -0.157. The fourth-order valence-corrected chi connectivity index (χ4v) is 6.18. The van der Waals surface area contributed by atoms with Crippen LogP contribution in [0, 0.1) is 11.3 Å². The largest absolute Gasteiger partial charge is 0.389 e. The second-order valence-corrected chi connectivity index (χ2v) is 9.20. The first-order chi connectivity index (χ1) is 9.43. The Morgan fingerprint density at radius 2 is 1.85 bits per heavy atom. The van der Waals surface area contributed by atoms with E-state index in [0.29, 0.717) is 5.92 Å². The molecule has 1 saturated carbocycles. The Kier molecular flexibility index (Phi) is 4.16. The lowest BCUT2D eigenvalue weighted by Crippen LogP contribution is -2.54. The number of hydrogen-bond donors (Lipinski definition) is 1. The molecule has 3 heteroatoms. The van der Waals surface area contributed by atoms with Gasteiger partial charge in [0.1, 0.15) is 0 Å². The second-order valence-electron chi connectivity index (χ2n) is 8.22. The van der Waals surface area contributed by atoms with Crippen molar-refractivity contribution in [2.75, 3.05) is 18.1 Å². The number of rotatable bonds is 1. The van der Waals surface area contributed by atoms with Crippen molar-refractivity contribution < 1.29 is 9.84 Å². The first-order valence-corrected chi connectivity index (χ1v) is 9.53. The molecule has 1 spiro atoms. The van der Waals surface area contributed by atoms with E-state index in [1.807, 2.05) is 11.8 Å². The van der Waals surface area contributed by atoms with Crippen LogP contribution in [0.3, 0.4) is 0 Å². The fourth-order valence-electron chi connectivity index (χ4n) is 4.73. The molecule has 20 heavy (non-hydrogen) atoms. The van der Waals surface area contributed by atoms with Gasteiger partial charge < -0.3 is 9.84 Å². The maximum Gasteiger partial charge on any atom is 0.0773 e. The van der Waals surface area contributed by atoms with E-state index in [4.69, 9.17) is 4.74 Å². The summed E-state index contributed by atoms with van der Waals surface area (Å²) in [7, 11) is 0. The van der Waals surface area contributed by atoms with Crippen LogP contribution in [0.1, 0.15) is 65.2 Å². The Hall–Kier alpha value is 0.270. The summed E-state index contributed by atoms with van der Waals surface area (Å²) < 4.78 is 6.21. The van der Waals surface area contributed by atoms with Crippen molar-refractivity contribution >= 4 is 11.8 Å². The minimum Gasteiger partial charge on any atom is -0.389 e. The third-order valence-corrected chi connectivity index (χ3v) is 7.34. The highest BCUT2D eigenvalue weighted by Gasteiger charge is 2.49. The van der Waals surface area contributed by atoms with Crippen molar-refractivity contribution in [2.45, 2.75) is 76.4 Å². The van der Waals surface area contributed by atoms with Gasteiger partial charge in [-0.25, -0.2) is 0 Å². The summed E-state index contributed by atoms with van der Waals surface area (Å²) in [5, 5.41) is 11.3. The highest BCUT2D eigenvalue weighted by Crippen LogP contribution is 2.49. The van der Waals surface area contributed by atoms with Gasteiger partial charge in [0.2, 0.25) is 0 Å². The van der Waals surface area contributed by atoms with Crippen LogP contribution in [0.25, 0.3) is 0 Å². The van der Waals surface area contributed by atoms with E-state index in [9.17, 15) is 5.11 Å². The number of ether oxygens (including phenoxy) is 1. The molecule has 0 radical (unpaired) electrons. The Labute approximate surface area is 128 Å². The zero-order valence-electron chi connectivity index (χ0n) is 13.1. The van der Waals surface area contributed by atoms with Crippen LogP contribution in [0.2, 0.25) is 0 Å². The molecular weight excluding hydrogens is 268 g/mol. The Bertz CT molecular complexity index is 343. The predicted octanol–water partition coefficient (Wildman–Crippen LogP) is 4.01. The van der Waals surface area contributed by atoms with Gasteiger partial charge in [-0.1, -0.05) is 33.1 Å². The molecule has 0 aromatic carbocycles. The van der Waals surface area contributed by atoms with E-state index < -0.39 is 5.60 Å². The van der Waals surface area contributed by atoms with E-state index in [0.717, 1.165) is 31.6 Å². The predicted molar refractivity (Wildman–Crippen MR) is 85.2 cm³/mol. The molecule has 3 fully saturated rings. The van der Waals surface area contributed by atoms with Gasteiger partial charge in [-0.2, -0.15) is 11.8 Å². The van der Waals surface area contributed by atoms with Crippen LogP contribution in [-0.2, 0) is 4.74 Å². The van der Waals surface area contributed by atoms with Crippen LogP contribution in [0.15, 0.2) is 0 Å². The average Bonchev–Trinajstić information content (AvgIpc) is 2.38. The molecule has 0 amide bonds. The van der Waals surface area contributed by atoms with Gasteiger partial charge in [0.05, 0.1) is 11.2 Å². The van der Waals surface area contributed by atoms with Gasteiger partial charge in [0, 0.05) is 12.4 Å².